The fraction of sp³-hybridized carbons (Fsp3) is 0.394. The first-order chi connectivity index (χ1) is 20.4. The van der Waals surface area contributed by atoms with Gasteiger partial charge in [0.1, 0.15) is 12.6 Å². The van der Waals surface area contributed by atoms with Crippen LogP contribution in [0.2, 0.25) is 10.0 Å². The van der Waals surface area contributed by atoms with E-state index >= 15 is 0 Å². The summed E-state index contributed by atoms with van der Waals surface area (Å²) < 4.78 is 29.5. The molecule has 43 heavy (non-hydrogen) atoms. The summed E-state index contributed by atoms with van der Waals surface area (Å²) in [4.78, 5) is 29.5. The van der Waals surface area contributed by atoms with Gasteiger partial charge in [-0.05, 0) is 87.1 Å². The summed E-state index contributed by atoms with van der Waals surface area (Å²) >= 11 is 12.7. The smallest absolute Gasteiger partial charge is 0.264 e. The first kappa shape index (κ1) is 32.8. The summed E-state index contributed by atoms with van der Waals surface area (Å²) in [5.74, 6) is -0.774. The van der Waals surface area contributed by atoms with Crippen molar-refractivity contribution in [3.05, 3.63) is 93.0 Å². The molecule has 0 spiro atoms. The molecule has 1 aliphatic rings. The van der Waals surface area contributed by atoms with Crippen molar-refractivity contribution in [1.29, 1.82) is 0 Å². The van der Waals surface area contributed by atoms with E-state index in [9.17, 15) is 18.0 Å². The first-order valence-electron chi connectivity index (χ1n) is 14.6. The quantitative estimate of drug-likeness (QED) is 0.244. The molecule has 2 amide bonds. The Hall–Kier alpha value is -3.07. The maximum Gasteiger partial charge on any atom is 0.264 e. The molecule has 0 saturated heterocycles. The maximum atomic E-state index is 14.4. The Bertz CT molecular complexity index is 1570. The molecule has 3 aromatic carbocycles. The number of halogens is 2. The highest BCUT2D eigenvalue weighted by Crippen LogP contribution is 2.30. The predicted octanol–water partition coefficient (Wildman–Crippen LogP) is 6.98. The van der Waals surface area contributed by atoms with Crippen molar-refractivity contribution < 1.29 is 18.0 Å². The Labute approximate surface area is 265 Å². The van der Waals surface area contributed by atoms with Gasteiger partial charge in [0.05, 0.1) is 10.6 Å². The van der Waals surface area contributed by atoms with Crippen molar-refractivity contribution in [2.75, 3.05) is 10.8 Å². The Balaban J connectivity index is 1.76. The second kappa shape index (κ2) is 14.1. The summed E-state index contributed by atoms with van der Waals surface area (Å²) in [7, 11) is -4.15. The number of carbonyl (C=O) groups is 2. The van der Waals surface area contributed by atoms with Gasteiger partial charge in [0.2, 0.25) is 11.8 Å². The third-order valence-electron chi connectivity index (χ3n) is 7.96. The van der Waals surface area contributed by atoms with E-state index in [0.29, 0.717) is 33.3 Å². The van der Waals surface area contributed by atoms with Crippen molar-refractivity contribution in [3.8, 4) is 0 Å². The summed E-state index contributed by atoms with van der Waals surface area (Å²) in [5, 5.41) is 3.92. The van der Waals surface area contributed by atoms with Gasteiger partial charge in [0.25, 0.3) is 10.0 Å². The van der Waals surface area contributed by atoms with Crippen LogP contribution in [0.25, 0.3) is 0 Å². The van der Waals surface area contributed by atoms with Crippen molar-refractivity contribution in [3.63, 3.8) is 0 Å². The minimum atomic E-state index is -4.15. The fourth-order valence-electron chi connectivity index (χ4n) is 5.46. The van der Waals surface area contributed by atoms with Crippen LogP contribution >= 0.6 is 23.2 Å². The number of carbonyl (C=O) groups excluding carboxylic acids is 2. The lowest BCUT2D eigenvalue weighted by molar-refractivity contribution is -0.140. The van der Waals surface area contributed by atoms with Crippen molar-refractivity contribution in [2.24, 2.45) is 0 Å². The highest BCUT2D eigenvalue weighted by Gasteiger charge is 2.35. The minimum Gasteiger partial charge on any atom is -0.352 e. The van der Waals surface area contributed by atoms with Crippen LogP contribution in [0, 0.1) is 20.8 Å². The van der Waals surface area contributed by atoms with Gasteiger partial charge in [0.15, 0.2) is 0 Å². The van der Waals surface area contributed by atoms with Crippen molar-refractivity contribution in [2.45, 2.75) is 83.3 Å². The molecular formula is C33H39Cl2N3O4S. The zero-order valence-electron chi connectivity index (χ0n) is 25.1. The second-order valence-electron chi connectivity index (χ2n) is 11.3. The molecule has 0 bridgehead atoms. The molecule has 4 rings (SSSR count). The van der Waals surface area contributed by atoms with E-state index < -0.39 is 28.5 Å². The molecule has 1 saturated carbocycles. The van der Waals surface area contributed by atoms with Crippen LogP contribution in [0.1, 0.15) is 61.3 Å². The molecule has 1 N–H and O–H groups in total. The molecule has 7 nitrogen and oxygen atoms in total. The van der Waals surface area contributed by atoms with Crippen LogP contribution in [-0.2, 0) is 26.2 Å². The molecule has 0 heterocycles. The second-order valence-corrected chi connectivity index (χ2v) is 14.0. The van der Waals surface area contributed by atoms with Gasteiger partial charge in [-0.3, -0.25) is 13.9 Å². The standard InChI is InChI=1S/C33H39Cl2N3O4S/c1-5-30(33(40)36-27-8-6-7-9-27)37(20-25-14-15-26(34)19-29(25)35)32(39)21-38(31-18-23(3)10-13-24(31)4)43(41,42)28-16-11-22(2)12-17-28/h10-19,27,30H,5-9,20-21H2,1-4H3,(H,36,40)/t30-/m0/s1. The molecule has 1 aliphatic carbocycles. The lowest BCUT2D eigenvalue weighted by Crippen LogP contribution is -2.53. The normalized spacial score (nSPS) is 14.4. The van der Waals surface area contributed by atoms with Gasteiger partial charge in [-0.25, -0.2) is 8.42 Å². The molecular weight excluding hydrogens is 605 g/mol. The monoisotopic (exact) mass is 643 g/mol. The topological polar surface area (TPSA) is 86.8 Å². The SMILES string of the molecule is CC[C@@H](C(=O)NC1CCCC1)N(Cc1ccc(Cl)cc1Cl)C(=O)CN(c1cc(C)ccc1C)S(=O)(=O)c1ccc(C)cc1. The molecule has 1 fully saturated rings. The molecule has 10 heteroatoms. The van der Waals surface area contributed by atoms with Crippen LogP contribution in [0.5, 0.6) is 0 Å². The maximum absolute atomic E-state index is 14.4. The highest BCUT2D eigenvalue weighted by atomic mass is 35.5. The van der Waals surface area contributed by atoms with Crippen LogP contribution in [0.4, 0.5) is 5.69 Å². The van der Waals surface area contributed by atoms with Crippen LogP contribution in [0.3, 0.4) is 0 Å². The first-order valence-corrected chi connectivity index (χ1v) is 16.8. The minimum absolute atomic E-state index is 0.0106. The van der Waals surface area contributed by atoms with E-state index in [0.717, 1.165) is 41.1 Å². The summed E-state index contributed by atoms with van der Waals surface area (Å²) in [6.45, 7) is 6.91. The number of amides is 2. The van der Waals surface area contributed by atoms with E-state index in [1.54, 1.807) is 48.5 Å². The third-order valence-corrected chi connectivity index (χ3v) is 10.3. The van der Waals surface area contributed by atoms with Gasteiger partial charge in [-0.15, -0.1) is 0 Å². The zero-order chi connectivity index (χ0) is 31.3. The van der Waals surface area contributed by atoms with Crippen LogP contribution < -0.4 is 9.62 Å². The van der Waals surface area contributed by atoms with Crippen molar-refractivity contribution >= 4 is 50.7 Å². The molecule has 0 aromatic heterocycles. The summed E-state index contributed by atoms with van der Waals surface area (Å²) in [6.07, 6.45) is 4.23. The molecule has 0 radical (unpaired) electrons. The summed E-state index contributed by atoms with van der Waals surface area (Å²) in [5.41, 5.74) is 3.48. The third kappa shape index (κ3) is 7.91. The Kier molecular flexibility index (Phi) is 10.8. The number of hydrogen-bond donors (Lipinski definition) is 1. The molecule has 0 aliphatic heterocycles. The number of anilines is 1. The molecule has 0 unspecified atom stereocenters. The Morgan fingerprint density at radius 1 is 0.930 bits per heavy atom. The van der Waals surface area contributed by atoms with Crippen LogP contribution in [0.15, 0.2) is 65.6 Å². The lowest BCUT2D eigenvalue weighted by Gasteiger charge is -2.34. The van der Waals surface area contributed by atoms with E-state index in [2.05, 4.69) is 5.32 Å². The summed E-state index contributed by atoms with van der Waals surface area (Å²) in [6, 6.07) is 16.3. The predicted molar refractivity (Wildman–Crippen MR) is 173 cm³/mol. The number of sulfonamides is 1. The number of hydrogen-bond acceptors (Lipinski definition) is 4. The highest BCUT2D eigenvalue weighted by molar-refractivity contribution is 7.92. The molecule has 3 aromatic rings. The largest absolute Gasteiger partial charge is 0.352 e. The average molecular weight is 645 g/mol. The van der Waals surface area contributed by atoms with E-state index in [1.165, 1.54) is 4.90 Å². The van der Waals surface area contributed by atoms with Gasteiger partial charge in [0, 0.05) is 22.6 Å². The number of aryl methyl sites for hydroxylation is 3. The van der Waals surface area contributed by atoms with E-state index in [-0.39, 0.29) is 23.4 Å². The number of benzene rings is 3. The van der Waals surface area contributed by atoms with Crippen LogP contribution in [-0.4, -0.2) is 43.8 Å². The van der Waals surface area contributed by atoms with Gasteiger partial charge < -0.3 is 10.2 Å². The number of rotatable bonds is 11. The lowest BCUT2D eigenvalue weighted by atomic mass is 10.1. The van der Waals surface area contributed by atoms with Gasteiger partial charge >= 0.3 is 0 Å². The number of nitrogens with one attached hydrogen (secondary N) is 1. The average Bonchev–Trinajstić information content (AvgIpc) is 3.47. The fourth-order valence-corrected chi connectivity index (χ4v) is 7.40. The Morgan fingerprint density at radius 3 is 2.21 bits per heavy atom. The molecule has 230 valence electrons. The van der Waals surface area contributed by atoms with E-state index in [1.807, 2.05) is 39.8 Å². The number of nitrogens with zero attached hydrogens (tertiary/aromatic N) is 2. The Morgan fingerprint density at radius 2 is 1.58 bits per heavy atom. The van der Waals surface area contributed by atoms with E-state index in [4.69, 9.17) is 23.2 Å². The van der Waals surface area contributed by atoms with Gasteiger partial charge in [-0.1, -0.05) is 78.9 Å². The zero-order valence-corrected chi connectivity index (χ0v) is 27.4. The molecule has 1 atom stereocenters. The van der Waals surface area contributed by atoms with Crippen molar-refractivity contribution in [1.82, 2.24) is 10.2 Å². The van der Waals surface area contributed by atoms with Gasteiger partial charge in [-0.2, -0.15) is 0 Å².